The van der Waals surface area contributed by atoms with Crippen LogP contribution in [0, 0.1) is 15.4 Å². The van der Waals surface area contributed by atoms with Crippen molar-refractivity contribution in [1.29, 1.82) is 0 Å². The summed E-state index contributed by atoms with van der Waals surface area (Å²) in [6, 6.07) is 8.86. The molecule has 3 heteroatoms. The maximum absolute atomic E-state index is 5.05. The van der Waals surface area contributed by atoms with Gasteiger partial charge < -0.3 is 10.1 Å². The zero-order valence-electron chi connectivity index (χ0n) is 11.6. The highest BCUT2D eigenvalue weighted by molar-refractivity contribution is 14.1. The van der Waals surface area contributed by atoms with Crippen LogP contribution in [0.25, 0.3) is 0 Å². The molecule has 1 N–H and O–H groups in total. The van der Waals surface area contributed by atoms with E-state index in [1.807, 2.05) is 0 Å². The van der Waals surface area contributed by atoms with Crippen LogP contribution in [0.5, 0.6) is 0 Å². The van der Waals surface area contributed by atoms with Crippen LogP contribution in [0.4, 0.5) is 0 Å². The molecule has 0 aliphatic heterocycles. The molecular formula is C15H24INO. The van der Waals surface area contributed by atoms with Gasteiger partial charge in [0.25, 0.3) is 0 Å². The maximum atomic E-state index is 5.05. The van der Waals surface area contributed by atoms with Crippen molar-refractivity contribution in [3.05, 3.63) is 33.4 Å². The van der Waals surface area contributed by atoms with Gasteiger partial charge in [0.1, 0.15) is 0 Å². The largest absolute Gasteiger partial charge is 0.383 e. The van der Waals surface area contributed by atoms with E-state index in [2.05, 4.69) is 66.0 Å². The predicted octanol–water partition coefficient (Wildman–Crippen LogP) is 3.34. The highest BCUT2D eigenvalue weighted by Crippen LogP contribution is 2.17. The molecule has 0 amide bonds. The van der Waals surface area contributed by atoms with Gasteiger partial charge in [0.2, 0.25) is 0 Å². The lowest BCUT2D eigenvalue weighted by Crippen LogP contribution is -2.30. The second kappa shape index (κ2) is 8.88. The van der Waals surface area contributed by atoms with Gasteiger partial charge in [-0.2, -0.15) is 0 Å². The molecule has 0 aliphatic carbocycles. The molecule has 0 fully saturated rings. The zero-order chi connectivity index (χ0) is 13.4. The van der Waals surface area contributed by atoms with E-state index in [0.29, 0.717) is 11.8 Å². The van der Waals surface area contributed by atoms with Gasteiger partial charge in [-0.15, -0.1) is 0 Å². The number of hydrogen-bond donors (Lipinski definition) is 1. The van der Waals surface area contributed by atoms with Gasteiger partial charge in [-0.25, -0.2) is 0 Å². The molecule has 0 saturated carbocycles. The van der Waals surface area contributed by atoms with E-state index in [9.17, 15) is 0 Å². The first-order valence-electron chi connectivity index (χ1n) is 6.57. The van der Waals surface area contributed by atoms with E-state index < -0.39 is 0 Å². The van der Waals surface area contributed by atoms with Gasteiger partial charge in [0, 0.05) is 17.2 Å². The number of benzene rings is 1. The average Bonchev–Trinajstić information content (AvgIpc) is 2.35. The summed E-state index contributed by atoms with van der Waals surface area (Å²) >= 11 is 2.35. The van der Waals surface area contributed by atoms with E-state index in [-0.39, 0.29) is 0 Å². The molecule has 2 nitrogen and oxygen atoms in total. The number of hydrogen-bond acceptors (Lipinski definition) is 2. The second-order valence-corrected chi connectivity index (χ2v) is 6.28. The van der Waals surface area contributed by atoms with Crippen molar-refractivity contribution in [3.63, 3.8) is 0 Å². The van der Waals surface area contributed by atoms with Crippen molar-refractivity contribution in [2.24, 2.45) is 11.8 Å². The van der Waals surface area contributed by atoms with E-state index in [0.717, 1.165) is 26.1 Å². The first-order valence-corrected chi connectivity index (χ1v) is 7.65. The Morgan fingerprint density at radius 3 is 2.44 bits per heavy atom. The van der Waals surface area contributed by atoms with Crippen LogP contribution in [0.3, 0.4) is 0 Å². The van der Waals surface area contributed by atoms with Crippen LogP contribution in [0.1, 0.15) is 19.4 Å². The van der Waals surface area contributed by atoms with Crippen LogP contribution < -0.4 is 5.32 Å². The summed E-state index contributed by atoms with van der Waals surface area (Å²) in [6.07, 6.45) is 1.15. The lowest BCUT2D eigenvalue weighted by Gasteiger charge is -2.21. The fraction of sp³-hybridized carbons (Fsp3) is 0.600. The van der Waals surface area contributed by atoms with Gasteiger partial charge in [0.15, 0.2) is 0 Å². The van der Waals surface area contributed by atoms with Crippen LogP contribution in [-0.2, 0) is 11.2 Å². The van der Waals surface area contributed by atoms with Crippen molar-refractivity contribution in [1.82, 2.24) is 5.32 Å². The lowest BCUT2D eigenvalue weighted by atomic mass is 9.89. The second-order valence-electron chi connectivity index (χ2n) is 5.03. The molecule has 0 aliphatic rings. The first-order chi connectivity index (χ1) is 8.63. The average molecular weight is 361 g/mol. The number of rotatable bonds is 8. The Hall–Kier alpha value is -0.130. The van der Waals surface area contributed by atoms with Crippen LogP contribution >= 0.6 is 22.6 Å². The molecule has 0 aromatic heterocycles. The normalized spacial score (nSPS) is 12.9. The quantitative estimate of drug-likeness (QED) is 0.567. The predicted molar refractivity (Wildman–Crippen MR) is 85.9 cm³/mol. The molecule has 1 aromatic rings. The van der Waals surface area contributed by atoms with E-state index >= 15 is 0 Å². The molecule has 1 rings (SSSR count). The van der Waals surface area contributed by atoms with E-state index in [4.69, 9.17) is 4.74 Å². The number of halogens is 1. The third kappa shape index (κ3) is 6.16. The van der Waals surface area contributed by atoms with Crippen LogP contribution in [-0.4, -0.2) is 26.8 Å². The Bertz CT molecular complexity index is 324. The summed E-state index contributed by atoms with van der Waals surface area (Å²) in [4.78, 5) is 0. The minimum absolute atomic E-state index is 0.682. The van der Waals surface area contributed by atoms with Crippen LogP contribution in [0.15, 0.2) is 24.3 Å². The molecule has 18 heavy (non-hydrogen) atoms. The first kappa shape index (κ1) is 15.9. The molecule has 0 bridgehead atoms. The summed E-state index contributed by atoms with van der Waals surface area (Å²) in [7, 11) is 1.74. The molecule has 102 valence electrons. The van der Waals surface area contributed by atoms with E-state index in [1.165, 1.54) is 9.13 Å². The Labute approximate surface area is 125 Å². The molecule has 1 unspecified atom stereocenters. The Morgan fingerprint density at radius 2 is 1.89 bits per heavy atom. The van der Waals surface area contributed by atoms with E-state index in [1.54, 1.807) is 7.11 Å². The fourth-order valence-electron chi connectivity index (χ4n) is 1.93. The summed E-state index contributed by atoms with van der Waals surface area (Å²) in [5, 5.41) is 3.47. The molecule has 1 atom stereocenters. The highest BCUT2D eigenvalue weighted by Gasteiger charge is 2.13. The molecule has 0 saturated heterocycles. The van der Waals surface area contributed by atoms with Crippen molar-refractivity contribution >= 4 is 22.6 Å². The van der Waals surface area contributed by atoms with Crippen molar-refractivity contribution < 1.29 is 4.74 Å². The Morgan fingerprint density at radius 1 is 1.22 bits per heavy atom. The topological polar surface area (TPSA) is 21.3 Å². The molecule has 0 heterocycles. The number of ether oxygens (including phenoxy) is 1. The van der Waals surface area contributed by atoms with Crippen molar-refractivity contribution in [3.8, 4) is 0 Å². The van der Waals surface area contributed by atoms with Crippen molar-refractivity contribution in [2.45, 2.75) is 20.3 Å². The van der Waals surface area contributed by atoms with Crippen LogP contribution in [0.2, 0.25) is 0 Å². The van der Waals surface area contributed by atoms with Gasteiger partial charge >= 0.3 is 0 Å². The summed E-state index contributed by atoms with van der Waals surface area (Å²) < 4.78 is 6.35. The summed E-state index contributed by atoms with van der Waals surface area (Å²) in [5.74, 6) is 1.38. The third-order valence-corrected chi connectivity index (χ3v) is 3.96. The minimum atomic E-state index is 0.682. The third-order valence-electron chi connectivity index (χ3n) is 3.24. The monoisotopic (exact) mass is 361 g/mol. The Kier molecular flexibility index (Phi) is 7.86. The SMILES string of the molecule is COCCNCC(Cc1ccc(I)cc1)C(C)C. The minimum Gasteiger partial charge on any atom is -0.383 e. The summed E-state index contributed by atoms with van der Waals surface area (Å²) in [5.41, 5.74) is 1.43. The lowest BCUT2D eigenvalue weighted by molar-refractivity contribution is 0.196. The standard InChI is InChI=1S/C15H24INO/c1-12(2)14(11-17-8-9-18-3)10-13-4-6-15(16)7-5-13/h4-7,12,14,17H,8-11H2,1-3H3. The molecular weight excluding hydrogens is 337 g/mol. The molecule has 0 radical (unpaired) electrons. The highest BCUT2D eigenvalue weighted by atomic mass is 127. The molecule has 0 spiro atoms. The maximum Gasteiger partial charge on any atom is 0.0587 e. The smallest absolute Gasteiger partial charge is 0.0587 e. The Balaban J connectivity index is 2.44. The fourth-order valence-corrected chi connectivity index (χ4v) is 2.29. The zero-order valence-corrected chi connectivity index (χ0v) is 13.7. The van der Waals surface area contributed by atoms with Gasteiger partial charge in [-0.3, -0.25) is 0 Å². The number of nitrogens with one attached hydrogen (secondary N) is 1. The van der Waals surface area contributed by atoms with Crippen molar-refractivity contribution in [2.75, 3.05) is 26.8 Å². The molecule has 1 aromatic carbocycles. The number of methoxy groups -OCH3 is 1. The summed E-state index contributed by atoms with van der Waals surface area (Å²) in [6.45, 7) is 7.39. The van der Waals surface area contributed by atoms with Gasteiger partial charge in [-0.1, -0.05) is 26.0 Å². The van der Waals surface area contributed by atoms with Gasteiger partial charge in [0.05, 0.1) is 6.61 Å². The van der Waals surface area contributed by atoms with Gasteiger partial charge in [-0.05, 0) is 65.1 Å².